The van der Waals surface area contributed by atoms with E-state index in [9.17, 15) is 60.3 Å². The van der Waals surface area contributed by atoms with Gasteiger partial charge in [0.15, 0.2) is 51.8 Å². The third-order valence-corrected chi connectivity index (χ3v) is 5.84. The van der Waals surface area contributed by atoms with E-state index >= 15 is 0 Å². The Balaban J connectivity index is 1.93. The predicted octanol–water partition coefficient (Wildman–Crippen LogP) is 2.73. The van der Waals surface area contributed by atoms with Crippen molar-refractivity contribution in [1.29, 1.82) is 0 Å². The molecule has 0 aromatic heterocycles. The lowest BCUT2D eigenvalue weighted by atomic mass is 9.91. The van der Waals surface area contributed by atoms with E-state index in [-0.39, 0.29) is 0 Å². The highest BCUT2D eigenvalue weighted by Gasteiger charge is 2.26. The number of hydrogen-bond donors (Lipinski definition) is 9. The molecule has 0 unspecified atom stereocenters. The van der Waals surface area contributed by atoms with Crippen LogP contribution in [0.4, 0.5) is 0 Å². The molecule has 0 bridgehead atoms. The van der Waals surface area contributed by atoms with E-state index in [4.69, 9.17) is 0 Å². The van der Waals surface area contributed by atoms with Crippen LogP contribution in [0.3, 0.4) is 0 Å². The monoisotopic (exact) mass is 534 g/mol. The number of carbonyl (C=O) groups is 3. The Bertz CT molecular complexity index is 1490. The van der Waals surface area contributed by atoms with Gasteiger partial charge in [-0.1, -0.05) is 0 Å². The molecule has 0 saturated heterocycles. The third kappa shape index (κ3) is 4.42. The summed E-state index contributed by atoms with van der Waals surface area (Å²) in [4.78, 5) is 39.8. The van der Waals surface area contributed by atoms with Gasteiger partial charge in [-0.2, -0.15) is 0 Å². The first-order chi connectivity index (χ1) is 18.3. The van der Waals surface area contributed by atoms with Crippen LogP contribution in [0, 0.1) is 0 Å². The molecule has 0 aliphatic heterocycles. The van der Waals surface area contributed by atoms with E-state index in [1.54, 1.807) is 0 Å². The fourth-order valence-electron chi connectivity index (χ4n) is 3.74. The van der Waals surface area contributed by atoms with E-state index in [2.05, 4.69) is 0 Å². The van der Waals surface area contributed by atoms with Crippen molar-refractivity contribution in [3.05, 3.63) is 88.0 Å². The minimum absolute atomic E-state index is 0.408. The van der Waals surface area contributed by atoms with Gasteiger partial charge in [0.25, 0.3) is 0 Å². The predicted molar refractivity (Wildman–Crippen MR) is 131 cm³/mol. The molecule has 4 rings (SSSR count). The van der Waals surface area contributed by atoms with Gasteiger partial charge < -0.3 is 46.0 Å². The fourth-order valence-corrected chi connectivity index (χ4v) is 3.74. The van der Waals surface area contributed by atoms with E-state index in [0.29, 0.717) is 0 Å². The van der Waals surface area contributed by atoms with Crippen LogP contribution in [0.15, 0.2) is 54.6 Å². The average molecular weight is 534 g/mol. The first kappa shape index (κ1) is 26.2. The minimum atomic E-state index is -1.03. The van der Waals surface area contributed by atoms with Crippen molar-refractivity contribution in [2.75, 3.05) is 0 Å². The van der Waals surface area contributed by atoms with Crippen LogP contribution in [-0.4, -0.2) is 63.3 Å². The summed E-state index contributed by atoms with van der Waals surface area (Å²) >= 11 is 0. The first-order valence-corrected chi connectivity index (χ1v) is 10.8. The van der Waals surface area contributed by atoms with Gasteiger partial charge in [0.05, 0.1) is 16.7 Å². The molecule has 0 atom stereocenters. The molecule has 12 nitrogen and oxygen atoms in total. The summed E-state index contributed by atoms with van der Waals surface area (Å²) in [6, 6.07) is 8.57. The zero-order valence-electron chi connectivity index (χ0n) is 19.4. The van der Waals surface area contributed by atoms with Crippen LogP contribution < -0.4 is 0 Å². The highest BCUT2D eigenvalue weighted by molar-refractivity contribution is 6.19. The lowest BCUT2D eigenvalue weighted by Gasteiger charge is -2.12. The van der Waals surface area contributed by atoms with Gasteiger partial charge in [0, 0.05) is 16.7 Å². The number of ketones is 3. The van der Waals surface area contributed by atoms with E-state index in [0.717, 1.165) is 54.6 Å². The number of rotatable bonds is 6. The molecule has 0 amide bonds. The second-order valence-corrected chi connectivity index (χ2v) is 8.27. The number of carbonyl (C=O) groups excluding carboxylic acids is 3. The number of benzene rings is 4. The Morgan fingerprint density at radius 3 is 0.821 bits per heavy atom. The van der Waals surface area contributed by atoms with Gasteiger partial charge in [0.1, 0.15) is 0 Å². The molecule has 4 aromatic rings. The summed E-state index contributed by atoms with van der Waals surface area (Å²) < 4.78 is 0. The number of phenolic OH excluding ortho intramolecular Hbond substituents is 9. The molecule has 9 N–H and O–H groups in total. The largest absolute Gasteiger partial charge is 0.504 e. The highest BCUT2D eigenvalue weighted by Crippen LogP contribution is 2.41. The summed E-state index contributed by atoms with van der Waals surface area (Å²) in [6.45, 7) is 0. The molecule has 0 fully saturated rings. The Labute approximate surface area is 217 Å². The van der Waals surface area contributed by atoms with Gasteiger partial charge in [-0.05, 0) is 54.6 Å². The Hall–Kier alpha value is -5.91. The van der Waals surface area contributed by atoms with Crippen LogP contribution in [0.2, 0.25) is 0 Å². The highest BCUT2D eigenvalue weighted by atomic mass is 16.3. The van der Waals surface area contributed by atoms with Gasteiger partial charge >= 0.3 is 0 Å². The Morgan fingerprint density at radius 1 is 0.359 bits per heavy atom. The quantitative estimate of drug-likeness (QED) is 0.128. The number of phenols is 9. The molecule has 0 saturated carbocycles. The summed E-state index contributed by atoms with van der Waals surface area (Å²) in [7, 11) is 0. The second kappa shape index (κ2) is 9.52. The summed E-state index contributed by atoms with van der Waals surface area (Å²) in [5.41, 5.74) is -2.80. The van der Waals surface area contributed by atoms with Crippen LogP contribution in [0.5, 0.6) is 51.7 Å². The van der Waals surface area contributed by atoms with Crippen LogP contribution >= 0.6 is 0 Å². The van der Waals surface area contributed by atoms with Crippen molar-refractivity contribution in [3.63, 3.8) is 0 Å². The molecule has 39 heavy (non-hydrogen) atoms. The van der Waals surface area contributed by atoms with E-state index < -0.39 is 102 Å². The van der Waals surface area contributed by atoms with Crippen LogP contribution in [0.25, 0.3) is 0 Å². The zero-order valence-corrected chi connectivity index (χ0v) is 19.4. The summed E-state index contributed by atoms with van der Waals surface area (Å²) in [5.74, 6) is -11.2. The molecule has 0 aliphatic rings. The topological polar surface area (TPSA) is 233 Å². The maximum absolute atomic E-state index is 13.3. The van der Waals surface area contributed by atoms with Gasteiger partial charge in [0.2, 0.25) is 17.2 Å². The molecular weight excluding hydrogens is 516 g/mol. The van der Waals surface area contributed by atoms with Crippen molar-refractivity contribution in [3.8, 4) is 51.7 Å². The van der Waals surface area contributed by atoms with Crippen molar-refractivity contribution >= 4 is 17.3 Å². The molecule has 0 heterocycles. The van der Waals surface area contributed by atoms with E-state index in [1.165, 1.54) is 0 Å². The van der Waals surface area contributed by atoms with Gasteiger partial charge in [-0.3, -0.25) is 14.4 Å². The number of hydrogen-bond acceptors (Lipinski definition) is 12. The van der Waals surface area contributed by atoms with Crippen molar-refractivity contribution in [1.82, 2.24) is 0 Å². The van der Waals surface area contributed by atoms with E-state index in [1.807, 2.05) is 0 Å². The maximum Gasteiger partial charge on any atom is 0.201 e. The zero-order chi connectivity index (χ0) is 28.8. The van der Waals surface area contributed by atoms with Crippen molar-refractivity contribution in [2.45, 2.75) is 0 Å². The lowest BCUT2D eigenvalue weighted by molar-refractivity contribution is 0.103. The number of aromatic hydroxyl groups is 9. The van der Waals surface area contributed by atoms with Gasteiger partial charge in [-0.25, -0.2) is 0 Å². The third-order valence-electron chi connectivity index (χ3n) is 5.84. The van der Waals surface area contributed by atoms with Crippen LogP contribution in [-0.2, 0) is 0 Å². The molecule has 0 spiro atoms. The SMILES string of the molecule is O=C(c1cc(C(=O)c2ccc(O)c(O)c2O)cc(C(=O)c2ccc(O)c(O)c2O)c1)c1ccc(O)c(O)c1O. The first-order valence-electron chi connectivity index (χ1n) is 10.8. The normalized spacial score (nSPS) is 10.8. The molecule has 0 aliphatic carbocycles. The smallest absolute Gasteiger partial charge is 0.201 e. The Kier molecular flexibility index (Phi) is 6.38. The Morgan fingerprint density at radius 2 is 0.590 bits per heavy atom. The lowest BCUT2D eigenvalue weighted by Crippen LogP contribution is -2.11. The van der Waals surface area contributed by atoms with Crippen molar-refractivity contribution < 1.29 is 60.3 Å². The van der Waals surface area contributed by atoms with Crippen molar-refractivity contribution in [2.24, 2.45) is 0 Å². The second-order valence-electron chi connectivity index (χ2n) is 8.27. The molecule has 12 heteroatoms. The average Bonchev–Trinajstić information content (AvgIpc) is 2.92. The van der Waals surface area contributed by atoms with Crippen LogP contribution in [0.1, 0.15) is 47.8 Å². The molecule has 198 valence electrons. The molecule has 0 radical (unpaired) electrons. The molecule has 4 aromatic carbocycles. The summed E-state index contributed by atoms with van der Waals surface area (Å²) in [6.07, 6.45) is 0. The standard InChI is InChI=1S/C27H18O12/c28-16-4-1-13(22(34)25(16)37)19(31)10-7-11(20(32)14-2-5-17(29)26(38)23(14)35)9-12(8-10)21(33)15-3-6-18(30)27(39)24(15)36/h1-9,28-30,34-39H. The maximum atomic E-state index is 13.3. The minimum Gasteiger partial charge on any atom is -0.504 e. The fraction of sp³-hybridized carbons (Fsp3) is 0. The van der Waals surface area contributed by atoms with Gasteiger partial charge in [-0.15, -0.1) is 0 Å². The molecular formula is C27H18O12. The summed E-state index contributed by atoms with van der Waals surface area (Å²) in [5, 5.41) is 88.7.